The first kappa shape index (κ1) is 14.3. The molecule has 2 rings (SSSR count). The van der Waals surface area contributed by atoms with E-state index in [9.17, 15) is 4.79 Å². The van der Waals surface area contributed by atoms with Crippen molar-refractivity contribution in [1.82, 2.24) is 14.8 Å². The molecule has 0 fully saturated rings. The fourth-order valence-electron chi connectivity index (χ4n) is 1.66. The summed E-state index contributed by atoms with van der Waals surface area (Å²) in [7, 11) is 0. The van der Waals surface area contributed by atoms with Crippen molar-refractivity contribution in [1.29, 1.82) is 0 Å². The van der Waals surface area contributed by atoms with Gasteiger partial charge in [-0.1, -0.05) is 29.8 Å². The molecule has 0 aliphatic rings. The lowest BCUT2D eigenvalue weighted by atomic mass is 10.1. The van der Waals surface area contributed by atoms with E-state index in [1.54, 1.807) is 30.1 Å². The van der Waals surface area contributed by atoms with Crippen LogP contribution in [0, 0.1) is 0 Å². The molecule has 2 aromatic rings. The second kappa shape index (κ2) is 6.86. The number of hydrogen-bond acceptors (Lipinski definition) is 4. The lowest BCUT2D eigenvalue weighted by Crippen LogP contribution is -2.13. The number of carbonyl (C=O) groups is 1. The summed E-state index contributed by atoms with van der Waals surface area (Å²) in [6, 6.07) is 7.30. The molecule has 0 N–H and O–H groups in total. The molecule has 0 spiro atoms. The van der Waals surface area contributed by atoms with Crippen molar-refractivity contribution < 1.29 is 9.53 Å². The van der Waals surface area contributed by atoms with Gasteiger partial charge < -0.3 is 4.74 Å². The Balaban J connectivity index is 2.30. The molecule has 1 aromatic heterocycles. The van der Waals surface area contributed by atoms with Crippen molar-refractivity contribution >= 4 is 23.6 Å². The van der Waals surface area contributed by atoms with Crippen LogP contribution in [0.3, 0.4) is 0 Å². The molecule has 1 heterocycles. The van der Waals surface area contributed by atoms with Gasteiger partial charge in [-0.2, -0.15) is 5.10 Å². The van der Waals surface area contributed by atoms with Crippen LogP contribution in [0.1, 0.15) is 12.5 Å². The van der Waals surface area contributed by atoms with Crippen LogP contribution in [-0.4, -0.2) is 27.3 Å². The summed E-state index contributed by atoms with van der Waals surface area (Å²) in [5.41, 5.74) is 1.22. The zero-order valence-corrected chi connectivity index (χ0v) is 11.7. The van der Waals surface area contributed by atoms with Crippen LogP contribution >= 0.6 is 11.6 Å². The summed E-state index contributed by atoms with van der Waals surface area (Å²) in [5, 5.41) is 4.56. The Morgan fingerprint density at radius 1 is 1.45 bits per heavy atom. The average molecular weight is 292 g/mol. The Morgan fingerprint density at radius 3 is 2.90 bits per heavy atom. The van der Waals surface area contributed by atoms with Crippen molar-refractivity contribution in [3.05, 3.63) is 53.1 Å². The van der Waals surface area contributed by atoms with Gasteiger partial charge in [-0.25, -0.2) is 14.5 Å². The normalized spacial score (nSPS) is 11.4. The second-order valence-electron chi connectivity index (χ2n) is 4.00. The van der Waals surface area contributed by atoms with Gasteiger partial charge in [0, 0.05) is 5.02 Å². The number of ether oxygens (including phenoxy) is 1. The summed E-state index contributed by atoms with van der Waals surface area (Å²) < 4.78 is 6.61. The molecule has 104 valence electrons. The third kappa shape index (κ3) is 3.68. The van der Waals surface area contributed by atoms with Gasteiger partial charge >= 0.3 is 5.97 Å². The molecular formula is C14H14ClN3O2. The number of benzene rings is 1. The topological polar surface area (TPSA) is 57.0 Å². The summed E-state index contributed by atoms with van der Waals surface area (Å²) in [4.78, 5) is 15.8. The fourth-order valence-corrected chi connectivity index (χ4v) is 1.85. The SMILES string of the molecule is CCOC(=O)/C(=C/c1ccccc1Cl)Cn1cncn1. The van der Waals surface area contributed by atoms with E-state index in [2.05, 4.69) is 10.1 Å². The van der Waals surface area contributed by atoms with Crippen LogP contribution in [0.4, 0.5) is 0 Å². The van der Waals surface area contributed by atoms with Crippen LogP contribution in [0.2, 0.25) is 5.02 Å². The van der Waals surface area contributed by atoms with E-state index < -0.39 is 0 Å². The summed E-state index contributed by atoms with van der Waals surface area (Å²) in [5.74, 6) is -0.386. The largest absolute Gasteiger partial charge is 0.463 e. The maximum atomic E-state index is 12.0. The van der Waals surface area contributed by atoms with E-state index in [4.69, 9.17) is 16.3 Å². The van der Waals surface area contributed by atoms with E-state index in [0.29, 0.717) is 17.2 Å². The standard InChI is InChI=1S/C14H14ClN3O2/c1-2-20-14(19)12(8-18-10-16-9-17-18)7-11-5-3-4-6-13(11)15/h3-7,9-10H,2,8H2,1H3/b12-7+. The van der Waals surface area contributed by atoms with Gasteiger partial charge in [0.05, 0.1) is 18.7 Å². The van der Waals surface area contributed by atoms with Gasteiger partial charge in [0.2, 0.25) is 0 Å². The van der Waals surface area contributed by atoms with Gasteiger partial charge in [0.1, 0.15) is 12.7 Å². The van der Waals surface area contributed by atoms with E-state index in [-0.39, 0.29) is 12.5 Å². The van der Waals surface area contributed by atoms with Gasteiger partial charge in [0.15, 0.2) is 0 Å². The Hall–Kier alpha value is -2.14. The van der Waals surface area contributed by atoms with Crippen molar-refractivity contribution in [3.8, 4) is 0 Å². The number of nitrogens with zero attached hydrogens (tertiary/aromatic N) is 3. The molecule has 20 heavy (non-hydrogen) atoms. The molecule has 0 aliphatic carbocycles. The van der Waals surface area contributed by atoms with Gasteiger partial charge in [-0.3, -0.25) is 0 Å². The minimum absolute atomic E-state index is 0.282. The van der Waals surface area contributed by atoms with E-state index in [1.807, 2.05) is 18.2 Å². The van der Waals surface area contributed by atoms with Crippen LogP contribution in [0.5, 0.6) is 0 Å². The van der Waals surface area contributed by atoms with Crippen molar-refractivity contribution in [2.75, 3.05) is 6.61 Å². The first-order valence-electron chi connectivity index (χ1n) is 6.15. The number of hydrogen-bond donors (Lipinski definition) is 0. The van der Waals surface area contributed by atoms with E-state index in [0.717, 1.165) is 5.56 Å². The van der Waals surface area contributed by atoms with Crippen LogP contribution in [0.15, 0.2) is 42.5 Å². The van der Waals surface area contributed by atoms with Crippen LogP contribution < -0.4 is 0 Å². The predicted molar refractivity (Wildman–Crippen MR) is 76.1 cm³/mol. The Labute approximate surface area is 121 Å². The predicted octanol–water partition coefficient (Wildman–Crippen LogP) is 2.58. The minimum Gasteiger partial charge on any atom is -0.463 e. The summed E-state index contributed by atoms with van der Waals surface area (Å²) in [6.45, 7) is 2.36. The smallest absolute Gasteiger partial charge is 0.335 e. The molecule has 0 radical (unpaired) electrons. The van der Waals surface area contributed by atoms with Gasteiger partial charge in [-0.15, -0.1) is 0 Å². The first-order chi connectivity index (χ1) is 9.70. The number of aromatic nitrogens is 3. The second-order valence-corrected chi connectivity index (χ2v) is 4.41. The maximum absolute atomic E-state index is 12.0. The molecule has 6 heteroatoms. The van der Waals surface area contributed by atoms with Crippen molar-refractivity contribution in [2.45, 2.75) is 13.5 Å². The molecule has 0 amide bonds. The highest BCUT2D eigenvalue weighted by atomic mass is 35.5. The van der Waals surface area contributed by atoms with Gasteiger partial charge in [-0.05, 0) is 24.6 Å². The number of rotatable bonds is 5. The molecule has 1 aromatic carbocycles. The number of esters is 1. The lowest BCUT2D eigenvalue weighted by Gasteiger charge is -2.08. The summed E-state index contributed by atoms with van der Waals surface area (Å²) in [6.07, 6.45) is 4.67. The molecule has 0 bridgehead atoms. The van der Waals surface area contributed by atoms with E-state index in [1.165, 1.54) is 6.33 Å². The Bertz CT molecular complexity index is 609. The quantitative estimate of drug-likeness (QED) is 0.627. The highest BCUT2D eigenvalue weighted by molar-refractivity contribution is 6.32. The van der Waals surface area contributed by atoms with Crippen LogP contribution in [0.25, 0.3) is 6.08 Å². The molecular weight excluding hydrogens is 278 g/mol. The molecule has 0 aliphatic heterocycles. The summed E-state index contributed by atoms with van der Waals surface area (Å²) >= 11 is 6.10. The fraction of sp³-hybridized carbons (Fsp3) is 0.214. The third-order valence-corrected chi connectivity index (χ3v) is 2.92. The molecule has 0 saturated carbocycles. The molecule has 0 saturated heterocycles. The Kier molecular flexibility index (Phi) is 4.90. The average Bonchev–Trinajstić information content (AvgIpc) is 2.93. The number of halogens is 1. The molecule has 5 nitrogen and oxygen atoms in total. The molecule has 0 atom stereocenters. The monoisotopic (exact) mass is 291 g/mol. The third-order valence-electron chi connectivity index (χ3n) is 2.57. The zero-order valence-electron chi connectivity index (χ0n) is 11.0. The minimum atomic E-state index is -0.386. The van der Waals surface area contributed by atoms with Crippen LogP contribution in [-0.2, 0) is 16.1 Å². The zero-order chi connectivity index (χ0) is 14.4. The maximum Gasteiger partial charge on any atom is 0.335 e. The molecule has 0 unspecified atom stereocenters. The Morgan fingerprint density at radius 2 is 2.25 bits per heavy atom. The number of carbonyl (C=O) groups excluding carboxylic acids is 1. The highest BCUT2D eigenvalue weighted by Gasteiger charge is 2.12. The van der Waals surface area contributed by atoms with Crippen molar-refractivity contribution in [3.63, 3.8) is 0 Å². The van der Waals surface area contributed by atoms with Gasteiger partial charge in [0.25, 0.3) is 0 Å². The lowest BCUT2D eigenvalue weighted by molar-refractivity contribution is -0.138. The first-order valence-corrected chi connectivity index (χ1v) is 6.53. The van der Waals surface area contributed by atoms with E-state index >= 15 is 0 Å². The highest BCUT2D eigenvalue weighted by Crippen LogP contribution is 2.19. The van der Waals surface area contributed by atoms with Crippen molar-refractivity contribution in [2.24, 2.45) is 0 Å².